The van der Waals surface area contributed by atoms with E-state index >= 15 is 0 Å². The summed E-state index contributed by atoms with van der Waals surface area (Å²) in [6.45, 7) is 0. The number of rotatable bonds is 7. The summed E-state index contributed by atoms with van der Waals surface area (Å²) < 4.78 is 10.3. The average molecular weight is 390 g/mol. The van der Waals surface area contributed by atoms with Gasteiger partial charge in [-0.2, -0.15) is 0 Å². The number of nitrogens with one attached hydrogen (secondary N) is 2. The average Bonchev–Trinajstić information content (AvgIpc) is 3.44. The maximum atomic E-state index is 12.8. The second-order valence-electron chi connectivity index (χ2n) is 7.07. The molecule has 148 valence electrons. The number of anilines is 1. The van der Waals surface area contributed by atoms with Gasteiger partial charge in [-0.3, -0.25) is 9.59 Å². The zero-order valence-corrected chi connectivity index (χ0v) is 16.1. The fourth-order valence-corrected chi connectivity index (χ4v) is 3.24. The largest absolute Gasteiger partial charge is 0.497 e. The normalized spacial score (nSPS) is 14.1. The number of ether oxygens (including phenoxy) is 1. The fraction of sp³-hybridized carbons (Fsp3) is 0.217. The van der Waals surface area contributed by atoms with Gasteiger partial charge in [0.05, 0.1) is 19.4 Å². The summed E-state index contributed by atoms with van der Waals surface area (Å²) in [7, 11) is 1.63. The summed E-state index contributed by atoms with van der Waals surface area (Å²) in [4.78, 5) is 24.8. The first kappa shape index (κ1) is 18.8. The Bertz CT molecular complexity index is 975. The minimum atomic E-state index is -0.333. The van der Waals surface area contributed by atoms with Crippen molar-refractivity contribution in [2.75, 3.05) is 12.4 Å². The Kier molecular flexibility index (Phi) is 5.33. The van der Waals surface area contributed by atoms with E-state index in [0.29, 0.717) is 17.2 Å². The lowest BCUT2D eigenvalue weighted by atomic mass is 10.0. The molecule has 1 aliphatic rings. The van der Waals surface area contributed by atoms with Crippen molar-refractivity contribution in [3.05, 3.63) is 83.8 Å². The van der Waals surface area contributed by atoms with Crippen LogP contribution in [0.25, 0.3) is 0 Å². The van der Waals surface area contributed by atoms with Crippen LogP contribution in [0.1, 0.15) is 45.4 Å². The Balaban J connectivity index is 1.42. The Hall–Kier alpha value is -3.54. The minimum Gasteiger partial charge on any atom is -0.497 e. The van der Waals surface area contributed by atoms with E-state index in [4.69, 9.17) is 9.15 Å². The van der Waals surface area contributed by atoms with Crippen LogP contribution in [0.2, 0.25) is 0 Å². The molecule has 29 heavy (non-hydrogen) atoms. The molecule has 6 nitrogen and oxygen atoms in total. The van der Waals surface area contributed by atoms with Gasteiger partial charge in [-0.05, 0) is 72.9 Å². The molecule has 2 N–H and O–H groups in total. The molecule has 2 aromatic carbocycles. The highest BCUT2D eigenvalue weighted by atomic mass is 16.5. The third-order valence-electron chi connectivity index (χ3n) is 5.00. The summed E-state index contributed by atoms with van der Waals surface area (Å²) in [5, 5.41) is 5.89. The van der Waals surface area contributed by atoms with Crippen LogP contribution >= 0.6 is 0 Å². The summed E-state index contributed by atoms with van der Waals surface area (Å²) >= 11 is 0. The third-order valence-corrected chi connectivity index (χ3v) is 5.00. The molecule has 3 aromatic rings. The molecule has 1 heterocycles. The second-order valence-corrected chi connectivity index (χ2v) is 7.07. The predicted molar refractivity (Wildman–Crippen MR) is 109 cm³/mol. The smallest absolute Gasteiger partial charge is 0.291 e. The standard InChI is InChI=1S/C23H22N2O4/c1-28-19-12-8-16(9-13-19)21(15-4-5-15)25-22(26)17-6-10-18(11-7-17)24-23(27)20-3-2-14-29-20/h2-3,6-15,21H,4-5H2,1H3,(H,24,27)(H,25,26). The van der Waals surface area contributed by atoms with Crippen LogP contribution in [-0.2, 0) is 0 Å². The molecule has 0 bridgehead atoms. The van der Waals surface area contributed by atoms with Gasteiger partial charge >= 0.3 is 0 Å². The molecular formula is C23H22N2O4. The highest BCUT2D eigenvalue weighted by Gasteiger charge is 2.33. The van der Waals surface area contributed by atoms with Crippen molar-refractivity contribution in [2.45, 2.75) is 18.9 Å². The molecule has 1 atom stereocenters. The van der Waals surface area contributed by atoms with Crippen LogP contribution < -0.4 is 15.4 Å². The topological polar surface area (TPSA) is 80.6 Å². The molecule has 6 heteroatoms. The lowest BCUT2D eigenvalue weighted by Crippen LogP contribution is -2.29. The van der Waals surface area contributed by atoms with E-state index in [1.165, 1.54) is 6.26 Å². The molecule has 1 saturated carbocycles. The van der Waals surface area contributed by atoms with E-state index in [2.05, 4.69) is 10.6 Å². The van der Waals surface area contributed by atoms with Gasteiger partial charge in [0.2, 0.25) is 0 Å². The molecule has 0 saturated heterocycles. The zero-order chi connectivity index (χ0) is 20.2. The van der Waals surface area contributed by atoms with Gasteiger partial charge in [0.1, 0.15) is 5.75 Å². The minimum absolute atomic E-state index is 0.0215. The second kappa shape index (κ2) is 8.22. The van der Waals surface area contributed by atoms with E-state index in [0.717, 1.165) is 24.2 Å². The number of hydrogen-bond acceptors (Lipinski definition) is 4. The van der Waals surface area contributed by atoms with E-state index in [9.17, 15) is 9.59 Å². The molecule has 1 aromatic heterocycles. The number of amides is 2. The number of carbonyl (C=O) groups excluding carboxylic acids is 2. The highest BCUT2D eigenvalue weighted by molar-refractivity contribution is 6.02. The van der Waals surface area contributed by atoms with Crippen molar-refractivity contribution < 1.29 is 18.7 Å². The Morgan fingerprint density at radius 2 is 1.72 bits per heavy atom. The number of furan rings is 1. The van der Waals surface area contributed by atoms with Crippen molar-refractivity contribution >= 4 is 17.5 Å². The van der Waals surface area contributed by atoms with Crippen LogP contribution in [0.15, 0.2) is 71.3 Å². The van der Waals surface area contributed by atoms with Crippen molar-refractivity contribution in [2.24, 2.45) is 5.92 Å². The molecule has 1 unspecified atom stereocenters. The molecule has 2 amide bonds. The van der Waals surface area contributed by atoms with Gasteiger partial charge in [0, 0.05) is 11.3 Å². The first-order chi connectivity index (χ1) is 14.1. The number of hydrogen-bond donors (Lipinski definition) is 2. The lowest BCUT2D eigenvalue weighted by molar-refractivity contribution is 0.0931. The molecular weight excluding hydrogens is 368 g/mol. The SMILES string of the molecule is COc1ccc(C(NC(=O)c2ccc(NC(=O)c3ccco3)cc2)C2CC2)cc1. The van der Waals surface area contributed by atoms with E-state index < -0.39 is 0 Å². The first-order valence-electron chi connectivity index (χ1n) is 9.54. The van der Waals surface area contributed by atoms with Crippen molar-refractivity contribution in [3.63, 3.8) is 0 Å². The van der Waals surface area contributed by atoms with Gasteiger partial charge in [-0.15, -0.1) is 0 Å². The zero-order valence-electron chi connectivity index (χ0n) is 16.1. The van der Waals surface area contributed by atoms with Gasteiger partial charge in [0.25, 0.3) is 11.8 Å². The summed E-state index contributed by atoms with van der Waals surface area (Å²) in [5.41, 5.74) is 2.21. The Labute approximate surface area is 168 Å². The van der Waals surface area contributed by atoms with Crippen LogP contribution in [0.5, 0.6) is 5.75 Å². The van der Waals surface area contributed by atoms with Crippen molar-refractivity contribution in [1.82, 2.24) is 5.32 Å². The van der Waals surface area contributed by atoms with Crippen LogP contribution in [0.3, 0.4) is 0 Å². The van der Waals surface area contributed by atoms with Crippen LogP contribution in [0.4, 0.5) is 5.69 Å². The van der Waals surface area contributed by atoms with Crippen molar-refractivity contribution in [1.29, 1.82) is 0 Å². The lowest BCUT2D eigenvalue weighted by Gasteiger charge is -2.19. The third kappa shape index (κ3) is 4.48. The van der Waals surface area contributed by atoms with E-state index in [-0.39, 0.29) is 23.6 Å². The molecule has 0 radical (unpaired) electrons. The van der Waals surface area contributed by atoms with E-state index in [1.807, 2.05) is 24.3 Å². The molecule has 4 rings (SSSR count). The van der Waals surface area contributed by atoms with Gasteiger partial charge < -0.3 is 19.8 Å². The maximum Gasteiger partial charge on any atom is 0.291 e. The number of carbonyl (C=O) groups is 2. The summed E-state index contributed by atoms with van der Waals surface area (Å²) in [5.74, 6) is 1.02. The summed E-state index contributed by atoms with van der Waals surface area (Å²) in [6, 6.07) is 17.8. The first-order valence-corrected chi connectivity index (χ1v) is 9.54. The fourth-order valence-electron chi connectivity index (χ4n) is 3.24. The van der Waals surface area contributed by atoms with Crippen LogP contribution in [0, 0.1) is 5.92 Å². The Morgan fingerprint density at radius 1 is 1.00 bits per heavy atom. The number of methoxy groups -OCH3 is 1. The molecule has 0 aliphatic heterocycles. The highest BCUT2D eigenvalue weighted by Crippen LogP contribution is 2.41. The number of benzene rings is 2. The Morgan fingerprint density at radius 3 is 2.31 bits per heavy atom. The van der Waals surface area contributed by atoms with E-state index in [1.54, 1.807) is 43.5 Å². The van der Waals surface area contributed by atoms with Gasteiger partial charge in [-0.1, -0.05) is 12.1 Å². The molecule has 1 aliphatic carbocycles. The quantitative estimate of drug-likeness (QED) is 0.626. The van der Waals surface area contributed by atoms with Crippen molar-refractivity contribution in [3.8, 4) is 5.75 Å². The van der Waals surface area contributed by atoms with Gasteiger partial charge in [0.15, 0.2) is 5.76 Å². The predicted octanol–water partition coefficient (Wildman–Crippen LogP) is 4.42. The monoisotopic (exact) mass is 390 g/mol. The van der Waals surface area contributed by atoms with Crippen LogP contribution in [-0.4, -0.2) is 18.9 Å². The van der Waals surface area contributed by atoms with Gasteiger partial charge in [-0.25, -0.2) is 0 Å². The molecule has 0 spiro atoms. The summed E-state index contributed by atoms with van der Waals surface area (Å²) in [6.07, 6.45) is 3.66. The molecule has 1 fully saturated rings. The maximum absolute atomic E-state index is 12.8.